The monoisotopic (exact) mass is 502 g/mol. The van der Waals surface area contributed by atoms with Gasteiger partial charge in [0.05, 0.1) is 39.6 Å². The number of aliphatic hydroxyl groups excluding tert-OH is 8. The van der Waals surface area contributed by atoms with Crippen LogP contribution in [0.2, 0.25) is 0 Å². The minimum Gasteiger partial charge on any atom is -0.412 e. The first-order chi connectivity index (χ1) is 13.5. The van der Waals surface area contributed by atoms with Crippen LogP contribution < -0.4 is 0 Å². The minimum atomic E-state index is 0. The fourth-order valence-corrected chi connectivity index (χ4v) is 1.52. The van der Waals surface area contributed by atoms with Gasteiger partial charge in [0, 0.05) is 74.2 Å². The smallest absolute Gasteiger partial charge is 0.0558 e. The molecule has 0 aliphatic carbocycles. The fraction of sp³-hybridized carbons (Fsp3) is 1.00. The van der Waals surface area contributed by atoms with Gasteiger partial charge in [-0.15, -0.1) is 0 Å². The molecule has 0 radical (unpaired) electrons. The van der Waals surface area contributed by atoms with Gasteiger partial charge in [0.15, 0.2) is 0 Å². The van der Waals surface area contributed by atoms with Crippen LogP contribution in [0, 0.1) is 0 Å². The Morgan fingerprint density at radius 3 is 0.581 bits per heavy atom. The van der Waals surface area contributed by atoms with Gasteiger partial charge in [-0.3, -0.25) is 9.80 Å². The van der Waals surface area contributed by atoms with Gasteiger partial charge in [-0.1, -0.05) is 13.8 Å². The fourth-order valence-electron chi connectivity index (χ4n) is 1.52. The summed E-state index contributed by atoms with van der Waals surface area (Å²) >= 11 is 0. The van der Waals surface area contributed by atoms with Crippen molar-refractivity contribution in [2.24, 2.45) is 0 Å². The molecule has 0 bridgehead atoms. The topological polar surface area (TPSA) is 231 Å². The second-order valence-corrected chi connectivity index (χ2v) is 5.47. The molecule has 0 amide bonds. The van der Waals surface area contributed by atoms with E-state index in [4.69, 9.17) is 40.9 Å². The molecule has 0 aromatic heterocycles. The molecular formula is C18H50N2O10Ti. The summed E-state index contributed by atoms with van der Waals surface area (Å²) in [5, 5.41) is 66.7. The zero-order valence-electron chi connectivity index (χ0n) is 19.3. The van der Waals surface area contributed by atoms with Gasteiger partial charge in [-0.25, -0.2) is 0 Å². The van der Waals surface area contributed by atoms with E-state index in [-0.39, 0.29) is 72.3 Å². The summed E-state index contributed by atoms with van der Waals surface area (Å²) in [6.07, 6.45) is 1.75. The van der Waals surface area contributed by atoms with Crippen molar-refractivity contribution in [3.63, 3.8) is 0 Å². The average molecular weight is 502 g/mol. The van der Waals surface area contributed by atoms with Gasteiger partial charge in [0.25, 0.3) is 0 Å². The van der Waals surface area contributed by atoms with Gasteiger partial charge in [0.2, 0.25) is 0 Å². The first-order valence-corrected chi connectivity index (χ1v) is 9.84. The summed E-state index contributed by atoms with van der Waals surface area (Å²) in [5.41, 5.74) is 0. The summed E-state index contributed by atoms with van der Waals surface area (Å²) in [4.78, 5) is 3.58. The van der Waals surface area contributed by atoms with Crippen LogP contribution in [0.1, 0.15) is 26.7 Å². The van der Waals surface area contributed by atoms with E-state index < -0.39 is 0 Å². The first-order valence-electron chi connectivity index (χ1n) is 9.84. The van der Waals surface area contributed by atoms with E-state index >= 15 is 0 Å². The van der Waals surface area contributed by atoms with E-state index in [0.29, 0.717) is 52.5 Å². The summed E-state index contributed by atoms with van der Waals surface area (Å²) in [7, 11) is 0. The number of nitrogens with zero attached hydrogens (tertiary/aromatic N) is 2. The van der Waals surface area contributed by atoms with Crippen molar-refractivity contribution in [3.8, 4) is 0 Å². The normalized spacial score (nSPS) is 8.90. The largest absolute Gasteiger partial charge is 0.412 e. The van der Waals surface area contributed by atoms with Gasteiger partial charge in [-0.2, -0.15) is 0 Å². The van der Waals surface area contributed by atoms with Gasteiger partial charge < -0.3 is 51.8 Å². The summed E-state index contributed by atoms with van der Waals surface area (Å²) < 4.78 is 0. The van der Waals surface area contributed by atoms with E-state index in [1.54, 1.807) is 9.80 Å². The molecule has 0 unspecified atom stereocenters. The van der Waals surface area contributed by atoms with E-state index in [1.807, 2.05) is 13.8 Å². The molecule has 0 aliphatic rings. The molecule has 12 N–H and O–H groups in total. The molecular weight excluding hydrogens is 452 g/mol. The molecule has 0 rings (SSSR count). The maximum atomic E-state index is 8.48. The molecule has 31 heavy (non-hydrogen) atoms. The van der Waals surface area contributed by atoms with Gasteiger partial charge in [-0.05, 0) is 12.8 Å². The maximum Gasteiger partial charge on any atom is 0.0558 e. The Hall–Kier alpha value is 0.234. The zero-order chi connectivity index (χ0) is 22.5. The van der Waals surface area contributed by atoms with Crippen molar-refractivity contribution in [2.75, 3.05) is 92.1 Å². The van der Waals surface area contributed by atoms with E-state index in [2.05, 4.69) is 0 Å². The summed E-state index contributed by atoms with van der Waals surface area (Å²) in [6.45, 7) is 8.01. The van der Waals surface area contributed by atoms with Crippen molar-refractivity contribution in [3.05, 3.63) is 0 Å². The third kappa shape index (κ3) is 58.9. The standard InChI is InChI=1S/2C6H15NO3.2C3H8O.2H2O.Ti/c2*8-4-1-7(2-5-9)3-6-10;2*1-2-3-4;;;/h2*8-10H,1-6H2;2*4H,2-3H2,1H3;2*1H2;. The average Bonchev–Trinajstić information content (AvgIpc) is 2.70. The second-order valence-electron chi connectivity index (χ2n) is 5.47. The van der Waals surface area contributed by atoms with E-state index in [0.717, 1.165) is 12.8 Å². The van der Waals surface area contributed by atoms with Crippen molar-refractivity contribution in [1.29, 1.82) is 0 Å². The zero-order valence-corrected chi connectivity index (χ0v) is 20.8. The Morgan fingerprint density at radius 2 is 0.516 bits per heavy atom. The van der Waals surface area contributed by atoms with Crippen LogP contribution in [0.15, 0.2) is 0 Å². The van der Waals surface area contributed by atoms with E-state index in [1.165, 1.54) is 0 Å². The summed E-state index contributed by atoms with van der Waals surface area (Å²) in [6, 6.07) is 0. The van der Waals surface area contributed by atoms with Gasteiger partial charge >= 0.3 is 0 Å². The Balaban J connectivity index is -0.0000000518. The van der Waals surface area contributed by atoms with Crippen LogP contribution in [-0.2, 0) is 21.7 Å². The molecule has 0 atom stereocenters. The number of hydrogen-bond acceptors (Lipinski definition) is 10. The van der Waals surface area contributed by atoms with Crippen molar-refractivity contribution < 1.29 is 73.5 Å². The van der Waals surface area contributed by atoms with Gasteiger partial charge in [0.1, 0.15) is 0 Å². The Bertz CT molecular complexity index is 185. The van der Waals surface area contributed by atoms with Crippen molar-refractivity contribution in [1.82, 2.24) is 9.80 Å². The third-order valence-corrected chi connectivity index (χ3v) is 2.94. The van der Waals surface area contributed by atoms with Crippen molar-refractivity contribution >= 4 is 0 Å². The SMILES string of the molecule is CCCO.CCCO.O.O.OCCN(CCO)CCO.OCCN(CCO)CCO.[Ti]. The third-order valence-electron chi connectivity index (χ3n) is 2.94. The van der Waals surface area contributed by atoms with Crippen molar-refractivity contribution in [2.45, 2.75) is 26.7 Å². The van der Waals surface area contributed by atoms with Crippen LogP contribution >= 0.6 is 0 Å². The minimum absolute atomic E-state index is 0. The molecule has 0 aromatic carbocycles. The first kappa shape index (κ1) is 48.6. The maximum absolute atomic E-state index is 8.48. The predicted octanol–water partition coefficient (Wildman–Crippen LogP) is -4.34. The second kappa shape index (κ2) is 52.3. The van der Waals surface area contributed by atoms with Crippen LogP contribution in [0.4, 0.5) is 0 Å². The van der Waals surface area contributed by atoms with Crippen LogP contribution in [0.3, 0.4) is 0 Å². The Kier molecular flexibility index (Phi) is 82.0. The summed E-state index contributed by atoms with van der Waals surface area (Å²) in [5.74, 6) is 0. The number of rotatable bonds is 14. The molecule has 0 aromatic rings. The molecule has 12 nitrogen and oxygen atoms in total. The predicted molar refractivity (Wildman–Crippen MR) is 117 cm³/mol. The molecule has 0 heterocycles. The Morgan fingerprint density at radius 1 is 0.387 bits per heavy atom. The molecule has 0 spiro atoms. The molecule has 13 heteroatoms. The molecule has 0 saturated carbocycles. The molecule has 196 valence electrons. The van der Waals surface area contributed by atoms with Crippen LogP contribution in [-0.4, -0.2) is 154 Å². The Labute approximate surface area is 202 Å². The molecule has 0 fully saturated rings. The molecule has 0 saturated heterocycles. The number of hydrogen-bond donors (Lipinski definition) is 8. The van der Waals surface area contributed by atoms with Crippen LogP contribution in [0.25, 0.3) is 0 Å². The molecule has 0 aliphatic heterocycles. The van der Waals surface area contributed by atoms with E-state index in [9.17, 15) is 0 Å². The number of aliphatic hydroxyl groups is 8. The quantitative estimate of drug-likeness (QED) is 0.106. The van der Waals surface area contributed by atoms with Crippen LogP contribution in [0.5, 0.6) is 0 Å².